The van der Waals surface area contributed by atoms with Gasteiger partial charge in [0.25, 0.3) is 0 Å². The van der Waals surface area contributed by atoms with E-state index in [1.54, 1.807) is 46.0 Å². The molecule has 1 N–H and O–H groups in total. The van der Waals surface area contributed by atoms with Crippen LogP contribution in [0.5, 0.6) is 0 Å². The summed E-state index contributed by atoms with van der Waals surface area (Å²) in [6, 6.07) is 5.06. The lowest BCUT2D eigenvalue weighted by Crippen LogP contribution is -2.36. The molecule has 0 saturated heterocycles. The van der Waals surface area contributed by atoms with Gasteiger partial charge in [-0.3, -0.25) is 5.01 Å². The minimum absolute atomic E-state index is 0.198. The largest absolute Gasteiger partial charge is 0.477 e. The van der Waals surface area contributed by atoms with Gasteiger partial charge in [-0.05, 0) is 42.7 Å². The molecule has 0 bridgehead atoms. The van der Waals surface area contributed by atoms with Gasteiger partial charge in [0, 0.05) is 12.7 Å². The Balaban J connectivity index is 2.24. The number of hydrogen-bond donors (Lipinski definition) is 1. The second-order valence-corrected chi connectivity index (χ2v) is 6.18. The van der Waals surface area contributed by atoms with Crippen LogP contribution in [-0.4, -0.2) is 51.2 Å². The van der Waals surface area contributed by atoms with Crippen LogP contribution in [0.1, 0.15) is 32.3 Å². The second-order valence-electron chi connectivity index (χ2n) is 6.18. The number of carbonyl (C=O) groups excluding carboxylic acids is 1. The van der Waals surface area contributed by atoms with Gasteiger partial charge >= 0.3 is 11.9 Å². The van der Waals surface area contributed by atoms with Crippen LogP contribution in [0.2, 0.25) is 0 Å². The van der Waals surface area contributed by atoms with Gasteiger partial charge in [0.1, 0.15) is 11.0 Å². The summed E-state index contributed by atoms with van der Waals surface area (Å²) in [5.74, 6) is -2.79. The molecule has 0 saturated carbocycles. The molecule has 2 aromatic rings. The first-order chi connectivity index (χ1) is 12.3. The second kappa shape index (κ2) is 6.58. The van der Waals surface area contributed by atoms with Crippen molar-refractivity contribution in [2.24, 2.45) is 5.10 Å². The number of aromatic nitrogens is 2. The molecule has 1 aliphatic rings. The highest BCUT2D eigenvalue weighted by atomic mass is 16.6. The topological polar surface area (TPSA) is 118 Å². The lowest BCUT2D eigenvalue weighted by Gasteiger charge is -2.30. The lowest BCUT2D eigenvalue weighted by atomic mass is 9.84. The average Bonchev–Trinajstić information content (AvgIpc) is 3.04. The summed E-state index contributed by atoms with van der Waals surface area (Å²) in [4.78, 5) is 24.6. The number of nitrogens with zero attached hydrogens (tertiary/aromatic N) is 4. The zero-order valence-corrected chi connectivity index (χ0v) is 14.8. The first-order valence-electron chi connectivity index (χ1n) is 7.99. The fourth-order valence-electron chi connectivity index (χ4n) is 2.89. The van der Waals surface area contributed by atoms with Crippen molar-refractivity contribution in [3.05, 3.63) is 35.0 Å². The zero-order valence-electron chi connectivity index (χ0n) is 14.8. The van der Waals surface area contributed by atoms with Gasteiger partial charge in [-0.15, -0.1) is 0 Å². The first-order valence-corrected chi connectivity index (χ1v) is 7.99. The van der Waals surface area contributed by atoms with Crippen LogP contribution >= 0.6 is 0 Å². The van der Waals surface area contributed by atoms with Gasteiger partial charge in [-0.2, -0.15) is 5.10 Å². The van der Waals surface area contributed by atoms with E-state index in [-0.39, 0.29) is 17.4 Å². The molecule has 9 heteroatoms. The van der Waals surface area contributed by atoms with Gasteiger partial charge in [0.05, 0.1) is 17.6 Å². The minimum Gasteiger partial charge on any atom is -0.477 e. The van der Waals surface area contributed by atoms with Crippen molar-refractivity contribution in [3.8, 4) is 0 Å². The molecule has 0 aliphatic carbocycles. The third-order valence-electron chi connectivity index (χ3n) is 4.11. The highest BCUT2D eigenvalue weighted by Gasteiger charge is 2.40. The zero-order chi connectivity index (χ0) is 19.0. The van der Waals surface area contributed by atoms with Crippen LogP contribution in [0.4, 0.5) is 0 Å². The number of fused-ring (bicyclic) bond motifs is 1. The quantitative estimate of drug-likeness (QED) is 0.824. The van der Waals surface area contributed by atoms with Crippen molar-refractivity contribution in [3.63, 3.8) is 0 Å². The van der Waals surface area contributed by atoms with E-state index in [2.05, 4.69) is 15.4 Å². The van der Waals surface area contributed by atoms with Crippen molar-refractivity contribution < 1.29 is 24.1 Å². The Hall–Kier alpha value is -3.23. The number of benzene rings is 1. The van der Waals surface area contributed by atoms with Gasteiger partial charge in [0.15, 0.2) is 5.71 Å². The highest BCUT2D eigenvalue weighted by molar-refractivity contribution is 6.40. The number of carboxylic acid groups (broad SMARTS) is 1. The molecule has 0 amide bonds. The smallest absolute Gasteiger partial charge is 0.353 e. The highest BCUT2D eigenvalue weighted by Crippen LogP contribution is 2.37. The first kappa shape index (κ1) is 17.6. The normalized spacial score (nSPS) is 17.7. The molecule has 0 spiro atoms. The molecule has 26 heavy (non-hydrogen) atoms. The van der Waals surface area contributed by atoms with E-state index in [9.17, 15) is 14.7 Å². The number of carboxylic acids is 1. The van der Waals surface area contributed by atoms with E-state index < -0.39 is 17.9 Å². The number of esters is 1. The van der Waals surface area contributed by atoms with E-state index in [1.165, 1.54) is 5.01 Å². The molecule has 1 unspecified atom stereocenters. The van der Waals surface area contributed by atoms with E-state index in [0.29, 0.717) is 22.3 Å². The third kappa shape index (κ3) is 2.92. The minimum atomic E-state index is -1.24. The molecular formula is C17H18N4O5. The number of hydrazone groups is 1. The van der Waals surface area contributed by atoms with Crippen molar-refractivity contribution in [1.82, 2.24) is 15.3 Å². The molecule has 3 rings (SSSR count). The van der Waals surface area contributed by atoms with Crippen LogP contribution in [0.3, 0.4) is 0 Å². The predicted octanol–water partition coefficient (Wildman–Crippen LogP) is 1.92. The number of aliphatic carboxylic acids is 1. The summed E-state index contributed by atoms with van der Waals surface area (Å²) < 4.78 is 10.1. The standard InChI is InChI=1S/C17H18N4O5/c1-8(2)25-17(24)12-9(3)21(4)18-15(16(22)23)13(12)10-6-5-7-11-14(10)20-26-19-11/h5-8,13H,1-4H3,(H,22,23). The maximum Gasteiger partial charge on any atom is 0.353 e. The van der Waals surface area contributed by atoms with E-state index >= 15 is 0 Å². The Morgan fingerprint density at radius 2 is 2.04 bits per heavy atom. The monoisotopic (exact) mass is 358 g/mol. The van der Waals surface area contributed by atoms with E-state index in [1.807, 2.05) is 0 Å². The summed E-state index contributed by atoms with van der Waals surface area (Å²) in [6.45, 7) is 5.14. The molecule has 136 valence electrons. The summed E-state index contributed by atoms with van der Waals surface area (Å²) >= 11 is 0. The number of hydrogen-bond acceptors (Lipinski definition) is 8. The van der Waals surface area contributed by atoms with Crippen LogP contribution in [0, 0.1) is 0 Å². The summed E-state index contributed by atoms with van der Waals surface area (Å²) in [5.41, 5.74) is 1.79. The van der Waals surface area contributed by atoms with Crippen molar-refractivity contribution in [1.29, 1.82) is 0 Å². The maximum absolute atomic E-state index is 12.8. The van der Waals surface area contributed by atoms with E-state index in [4.69, 9.17) is 9.37 Å². The summed E-state index contributed by atoms with van der Waals surface area (Å²) in [7, 11) is 1.58. The molecule has 1 atom stereocenters. The van der Waals surface area contributed by atoms with E-state index in [0.717, 1.165) is 0 Å². The Labute approximate surface area is 148 Å². The number of carbonyl (C=O) groups is 2. The van der Waals surface area contributed by atoms with Gasteiger partial charge in [0.2, 0.25) is 0 Å². The molecule has 2 heterocycles. The Morgan fingerprint density at radius 1 is 1.31 bits per heavy atom. The average molecular weight is 358 g/mol. The SMILES string of the molecule is CC1=C(C(=O)OC(C)C)C(c2cccc3nonc23)C(C(=O)O)=NN1C. The summed E-state index contributed by atoms with van der Waals surface area (Å²) in [5, 5.41) is 22.8. The fraction of sp³-hybridized carbons (Fsp3) is 0.353. The fourth-order valence-corrected chi connectivity index (χ4v) is 2.89. The maximum atomic E-state index is 12.8. The van der Waals surface area contributed by atoms with Crippen LogP contribution in [0.25, 0.3) is 11.0 Å². The molecule has 0 fully saturated rings. The number of allylic oxidation sites excluding steroid dienone is 1. The van der Waals surface area contributed by atoms with Crippen LogP contribution in [-0.2, 0) is 14.3 Å². The van der Waals surface area contributed by atoms with Crippen LogP contribution in [0.15, 0.2) is 39.2 Å². The van der Waals surface area contributed by atoms with Crippen molar-refractivity contribution in [2.75, 3.05) is 7.05 Å². The molecule has 9 nitrogen and oxygen atoms in total. The van der Waals surface area contributed by atoms with Crippen LogP contribution < -0.4 is 0 Å². The Morgan fingerprint density at radius 3 is 2.69 bits per heavy atom. The molecule has 0 radical (unpaired) electrons. The molecular weight excluding hydrogens is 340 g/mol. The predicted molar refractivity (Wildman–Crippen MR) is 91.3 cm³/mol. The van der Waals surface area contributed by atoms with Gasteiger partial charge in [-0.25, -0.2) is 14.2 Å². The number of rotatable bonds is 4. The van der Waals surface area contributed by atoms with Crippen molar-refractivity contribution >= 4 is 28.7 Å². The lowest BCUT2D eigenvalue weighted by molar-refractivity contribution is -0.143. The number of ether oxygens (including phenoxy) is 1. The summed E-state index contributed by atoms with van der Waals surface area (Å²) in [6.07, 6.45) is -0.356. The Kier molecular flexibility index (Phi) is 4.45. The molecule has 1 aromatic carbocycles. The van der Waals surface area contributed by atoms with Crippen molar-refractivity contribution in [2.45, 2.75) is 32.8 Å². The van der Waals surface area contributed by atoms with Gasteiger partial charge in [-0.1, -0.05) is 12.1 Å². The third-order valence-corrected chi connectivity index (χ3v) is 4.11. The molecule has 1 aromatic heterocycles. The Bertz CT molecular complexity index is 944. The molecule has 1 aliphatic heterocycles. The van der Waals surface area contributed by atoms with Gasteiger partial charge < -0.3 is 9.84 Å².